The molecule has 0 unspecified atom stereocenters. The quantitative estimate of drug-likeness (QED) is 0.185. The van der Waals surface area contributed by atoms with E-state index in [4.69, 9.17) is 10.5 Å². The van der Waals surface area contributed by atoms with E-state index >= 15 is 0 Å². The Morgan fingerprint density at radius 2 is 1.37 bits per heavy atom. The van der Waals surface area contributed by atoms with Crippen molar-refractivity contribution in [3.8, 4) is 0 Å². The summed E-state index contributed by atoms with van der Waals surface area (Å²) in [5, 5.41) is 0. The van der Waals surface area contributed by atoms with Gasteiger partial charge in [0, 0.05) is 6.07 Å². The normalized spacial score (nSPS) is 10.4. The van der Waals surface area contributed by atoms with Crippen molar-refractivity contribution in [2.24, 2.45) is 5.73 Å². The van der Waals surface area contributed by atoms with Gasteiger partial charge in [-0.25, -0.2) is 4.79 Å². The first-order chi connectivity index (χ1) is 14.1. The third-order valence-electron chi connectivity index (χ3n) is 5.22. The Balaban J connectivity index is 0.00000841. The lowest BCUT2D eigenvalue weighted by Crippen LogP contribution is -2.39. The van der Waals surface area contributed by atoms with Crippen LogP contribution in [0.3, 0.4) is 0 Å². The Bertz CT molecular complexity index is 581. The smallest absolute Gasteiger partial charge is 0.372 e. The lowest BCUT2D eigenvalue weighted by Gasteiger charge is -2.04. The van der Waals surface area contributed by atoms with E-state index in [9.17, 15) is 9.59 Å². The molecule has 0 spiro atoms. The summed E-state index contributed by atoms with van der Waals surface area (Å²) in [5.41, 5.74) is 5.63. The predicted molar refractivity (Wildman–Crippen MR) is 124 cm³/mol. The highest BCUT2D eigenvalue weighted by Gasteiger charge is 2.12. The van der Waals surface area contributed by atoms with Crippen LogP contribution in [-0.2, 0) is 16.1 Å². The third kappa shape index (κ3) is 15.3. The number of nitrogens with two attached hydrogens (primary N) is 1. The Labute approximate surface area is 189 Å². The molecule has 1 rings (SSSR count). The number of ether oxygens (including phenoxy) is 1. The number of carbonyl (C=O) groups excluding carboxylic acids is 2. The molecule has 0 aliphatic carbocycles. The lowest BCUT2D eigenvalue weighted by atomic mass is 10.0. The average Bonchev–Trinajstić information content (AvgIpc) is 2.71. The number of rotatable bonds is 18. The minimum Gasteiger partial charge on any atom is -0.461 e. The Morgan fingerprint density at radius 1 is 0.867 bits per heavy atom. The summed E-state index contributed by atoms with van der Waals surface area (Å²) >= 11 is 0. The second-order valence-corrected chi connectivity index (χ2v) is 7.95. The summed E-state index contributed by atoms with van der Waals surface area (Å²) in [6.07, 6.45) is 21.6. The summed E-state index contributed by atoms with van der Waals surface area (Å²) in [6.45, 7) is 2.83. The molecule has 1 heterocycles. The van der Waals surface area contributed by atoms with Crippen LogP contribution in [0.1, 0.15) is 107 Å². The zero-order valence-electron chi connectivity index (χ0n) is 18.8. The van der Waals surface area contributed by atoms with Gasteiger partial charge in [-0.15, -0.1) is 12.4 Å². The number of pyridine rings is 1. The fourth-order valence-electron chi connectivity index (χ4n) is 3.44. The number of aromatic nitrogens is 1. The van der Waals surface area contributed by atoms with Crippen LogP contribution in [0.2, 0.25) is 0 Å². The molecule has 2 N–H and O–H groups in total. The van der Waals surface area contributed by atoms with Crippen molar-refractivity contribution in [3.05, 3.63) is 30.1 Å². The molecule has 172 valence electrons. The van der Waals surface area contributed by atoms with Gasteiger partial charge >= 0.3 is 5.97 Å². The fourth-order valence-corrected chi connectivity index (χ4v) is 3.44. The van der Waals surface area contributed by atoms with Gasteiger partial charge in [-0.1, -0.05) is 90.4 Å². The molecular formula is C24H42ClN2O3+. The van der Waals surface area contributed by atoms with Crippen molar-refractivity contribution in [2.45, 2.75) is 103 Å². The highest BCUT2D eigenvalue weighted by molar-refractivity contribution is 5.92. The number of carbonyl (C=O) groups is 2. The molecule has 0 aliphatic heterocycles. The molecule has 0 saturated heterocycles. The van der Waals surface area contributed by atoms with E-state index in [1.54, 1.807) is 29.1 Å². The molecule has 0 radical (unpaired) electrons. The molecule has 0 fully saturated rings. The number of hydrogen-bond donors (Lipinski definition) is 1. The molecule has 5 nitrogen and oxygen atoms in total. The van der Waals surface area contributed by atoms with Crippen molar-refractivity contribution in [1.29, 1.82) is 0 Å². The van der Waals surface area contributed by atoms with Crippen LogP contribution in [0.5, 0.6) is 0 Å². The fraction of sp³-hybridized carbons (Fsp3) is 0.708. The largest absolute Gasteiger partial charge is 0.461 e. The van der Waals surface area contributed by atoms with E-state index in [2.05, 4.69) is 6.92 Å². The first-order valence-electron chi connectivity index (χ1n) is 11.6. The van der Waals surface area contributed by atoms with Gasteiger partial charge in [0.15, 0.2) is 12.4 Å². The van der Waals surface area contributed by atoms with Gasteiger partial charge in [-0.3, -0.25) is 4.79 Å². The first kappa shape index (κ1) is 28.4. The van der Waals surface area contributed by atoms with Crippen LogP contribution in [0.25, 0.3) is 0 Å². The summed E-state index contributed by atoms with van der Waals surface area (Å²) in [6, 6.07) is 3.32. The van der Waals surface area contributed by atoms with Gasteiger partial charge in [-0.2, -0.15) is 4.57 Å². The molecular weight excluding hydrogens is 400 g/mol. The monoisotopic (exact) mass is 441 g/mol. The first-order valence-corrected chi connectivity index (χ1v) is 11.6. The van der Waals surface area contributed by atoms with Crippen molar-refractivity contribution in [1.82, 2.24) is 0 Å². The number of halogens is 1. The van der Waals surface area contributed by atoms with Crippen LogP contribution in [0, 0.1) is 0 Å². The van der Waals surface area contributed by atoms with Crippen LogP contribution in [-0.4, -0.2) is 18.5 Å². The van der Waals surface area contributed by atoms with E-state index in [0.717, 1.165) is 12.8 Å². The van der Waals surface area contributed by atoms with Crippen molar-refractivity contribution in [3.63, 3.8) is 0 Å². The molecule has 1 aromatic heterocycles. The van der Waals surface area contributed by atoms with Crippen LogP contribution >= 0.6 is 12.4 Å². The Kier molecular flexibility index (Phi) is 18.3. The standard InChI is InChI=1S/C24H40N2O3.ClH/c1-2-3-4-5-6-7-8-9-10-11-12-13-14-15-19-29-23(27)21-26-18-16-17-22(20-26)24(25)28;/h16-18,20H,2-15,19,21H2,1H3,(H-,25,28);1H/p+1. The van der Waals surface area contributed by atoms with Crippen LogP contribution < -0.4 is 10.3 Å². The molecule has 0 bridgehead atoms. The summed E-state index contributed by atoms with van der Waals surface area (Å²) in [5.74, 6) is -0.790. The number of hydrogen-bond acceptors (Lipinski definition) is 3. The summed E-state index contributed by atoms with van der Waals surface area (Å²) < 4.78 is 6.90. The van der Waals surface area contributed by atoms with Crippen LogP contribution in [0.15, 0.2) is 24.5 Å². The second kappa shape index (κ2) is 19.3. The van der Waals surface area contributed by atoms with Gasteiger partial charge in [0.25, 0.3) is 5.91 Å². The summed E-state index contributed by atoms with van der Waals surface area (Å²) in [4.78, 5) is 23.0. The van der Waals surface area contributed by atoms with Gasteiger partial charge in [0.2, 0.25) is 6.54 Å². The number of amides is 1. The number of esters is 1. The maximum Gasteiger partial charge on any atom is 0.372 e. The van der Waals surface area contributed by atoms with Crippen molar-refractivity contribution in [2.75, 3.05) is 6.61 Å². The molecule has 6 heteroatoms. The van der Waals surface area contributed by atoms with E-state index in [1.165, 1.54) is 77.0 Å². The molecule has 0 atom stereocenters. The SMILES string of the molecule is CCCCCCCCCCCCCCCCOC(=O)C[n+]1cccc(C(N)=O)c1.Cl. The zero-order chi connectivity index (χ0) is 21.2. The average molecular weight is 442 g/mol. The molecule has 0 aromatic carbocycles. The van der Waals surface area contributed by atoms with E-state index in [0.29, 0.717) is 12.2 Å². The minimum absolute atomic E-state index is 0. The highest BCUT2D eigenvalue weighted by Crippen LogP contribution is 2.12. The molecule has 0 saturated carbocycles. The highest BCUT2D eigenvalue weighted by atomic mass is 35.5. The molecule has 0 aliphatic rings. The van der Waals surface area contributed by atoms with E-state index in [-0.39, 0.29) is 24.9 Å². The van der Waals surface area contributed by atoms with Gasteiger partial charge in [-0.05, 0) is 12.5 Å². The predicted octanol–water partition coefficient (Wildman–Crippen LogP) is 5.52. The van der Waals surface area contributed by atoms with Crippen molar-refractivity contribution < 1.29 is 18.9 Å². The number of primary amides is 1. The molecule has 30 heavy (non-hydrogen) atoms. The third-order valence-corrected chi connectivity index (χ3v) is 5.22. The minimum atomic E-state index is -0.505. The topological polar surface area (TPSA) is 73.3 Å². The number of nitrogens with zero attached hydrogens (tertiary/aromatic N) is 1. The second-order valence-electron chi connectivity index (χ2n) is 7.95. The van der Waals surface area contributed by atoms with E-state index < -0.39 is 5.91 Å². The van der Waals surface area contributed by atoms with E-state index in [1.807, 2.05) is 0 Å². The Hall–Kier alpha value is -1.62. The molecule has 1 amide bonds. The summed E-state index contributed by atoms with van der Waals surface area (Å²) in [7, 11) is 0. The molecule has 1 aromatic rings. The maximum atomic E-state index is 11.9. The van der Waals surface area contributed by atoms with Gasteiger partial charge < -0.3 is 10.5 Å². The van der Waals surface area contributed by atoms with Crippen molar-refractivity contribution >= 4 is 24.3 Å². The maximum absolute atomic E-state index is 11.9. The van der Waals surface area contributed by atoms with Gasteiger partial charge in [0.05, 0.1) is 6.61 Å². The van der Waals surface area contributed by atoms with Crippen LogP contribution in [0.4, 0.5) is 0 Å². The number of unbranched alkanes of at least 4 members (excludes halogenated alkanes) is 13. The van der Waals surface area contributed by atoms with Gasteiger partial charge in [0.1, 0.15) is 5.56 Å². The zero-order valence-corrected chi connectivity index (χ0v) is 19.6. The lowest BCUT2D eigenvalue weighted by molar-refractivity contribution is -0.686. The Morgan fingerprint density at radius 3 is 1.87 bits per heavy atom.